The summed E-state index contributed by atoms with van der Waals surface area (Å²) in [6.07, 6.45) is 6.73. The smallest absolute Gasteiger partial charge is 0.185 e. The van der Waals surface area contributed by atoms with Gasteiger partial charge in [-0.1, -0.05) is 33.6 Å². The number of hydrogen-bond acceptors (Lipinski definition) is 4. The highest BCUT2D eigenvalue weighted by atomic mass is 32.1. The summed E-state index contributed by atoms with van der Waals surface area (Å²) in [6.45, 7) is 9.83. The van der Waals surface area contributed by atoms with E-state index in [4.69, 9.17) is 4.98 Å². The van der Waals surface area contributed by atoms with E-state index in [1.54, 1.807) is 0 Å². The van der Waals surface area contributed by atoms with Gasteiger partial charge in [-0.3, -0.25) is 0 Å². The third kappa shape index (κ3) is 4.45. The predicted octanol–water partition coefficient (Wildman–Crippen LogP) is 4.05. The molecule has 1 N–H and O–H groups in total. The molecule has 1 aliphatic carbocycles. The lowest BCUT2D eigenvalue weighted by Gasteiger charge is -2.29. The third-order valence-electron chi connectivity index (χ3n) is 4.05. The molecule has 0 amide bonds. The average molecular weight is 295 g/mol. The Balaban J connectivity index is 2.02. The van der Waals surface area contributed by atoms with Crippen LogP contribution in [0.3, 0.4) is 0 Å². The summed E-state index contributed by atoms with van der Waals surface area (Å²) in [6, 6.07) is 0.729. The van der Waals surface area contributed by atoms with Crippen LogP contribution in [0, 0.1) is 5.92 Å². The summed E-state index contributed by atoms with van der Waals surface area (Å²) >= 11 is 1.82. The lowest BCUT2D eigenvalue weighted by atomic mass is 10.1. The molecular formula is C16H29N3S. The van der Waals surface area contributed by atoms with Crippen molar-refractivity contribution in [2.24, 2.45) is 5.92 Å². The van der Waals surface area contributed by atoms with Crippen molar-refractivity contribution in [2.75, 3.05) is 18.0 Å². The highest BCUT2D eigenvalue weighted by Crippen LogP contribution is 2.31. The Morgan fingerprint density at radius 3 is 2.80 bits per heavy atom. The van der Waals surface area contributed by atoms with Crippen LogP contribution in [-0.2, 0) is 6.54 Å². The van der Waals surface area contributed by atoms with Gasteiger partial charge < -0.3 is 10.2 Å². The zero-order chi connectivity index (χ0) is 14.4. The lowest BCUT2D eigenvalue weighted by molar-refractivity contribution is 0.527. The zero-order valence-corrected chi connectivity index (χ0v) is 14.0. The van der Waals surface area contributed by atoms with Crippen LogP contribution in [0.2, 0.25) is 0 Å². The molecule has 0 atom stereocenters. The van der Waals surface area contributed by atoms with Gasteiger partial charge in [0, 0.05) is 24.5 Å². The molecule has 1 heterocycles. The van der Waals surface area contributed by atoms with Crippen molar-refractivity contribution >= 4 is 16.5 Å². The van der Waals surface area contributed by atoms with E-state index in [2.05, 4.69) is 36.4 Å². The number of rotatable bonds is 8. The van der Waals surface area contributed by atoms with Crippen molar-refractivity contribution < 1.29 is 0 Å². The van der Waals surface area contributed by atoms with Crippen LogP contribution < -0.4 is 10.2 Å². The van der Waals surface area contributed by atoms with E-state index in [0.29, 0.717) is 0 Å². The van der Waals surface area contributed by atoms with Crippen LogP contribution in [0.4, 0.5) is 5.13 Å². The van der Waals surface area contributed by atoms with Crippen molar-refractivity contribution in [2.45, 2.75) is 65.5 Å². The standard InChI is InChI=1S/C16H29N3S/c1-4-17-11-14-12-20-16(18-14)19(10-9-13(2)3)15-7-5-6-8-15/h12-13,15,17H,4-11H2,1-3H3. The molecule has 1 saturated carbocycles. The molecule has 114 valence electrons. The van der Waals surface area contributed by atoms with E-state index in [9.17, 15) is 0 Å². The predicted molar refractivity (Wildman–Crippen MR) is 88.6 cm³/mol. The number of aromatic nitrogens is 1. The molecule has 1 fully saturated rings. The number of hydrogen-bond donors (Lipinski definition) is 1. The fourth-order valence-corrected chi connectivity index (χ4v) is 3.73. The van der Waals surface area contributed by atoms with E-state index < -0.39 is 0 Å². The van der Waals surface area contributed by atoms with Gasteiger partial charge in [0.2, 0.25) is 0 Å². The zero-order valence-electron chi connectivity index (χ0n) is 13.2. The van der Waals surface area contributed by atoms with Gasteiger partial charge in [0.25, 0.3) is 0 Å². The Hall–Kier alpha value is -0.610. The summed E-state index contributed by atoms with van der Waals surface area (Å²) in [7, 11) is 0. The molecule has 1 aromatic heterocycles. The van der Waals surface area contributed by atoms with Crippen LogP contribution in [0.15, 0.2) is 5.38 Å². The molecule has 3 nitrogen and oxygen atoms in total. The van der Waals surface area contributed by atoms with Gasteiger partial charge >= 0.3 is 0 Å². The van der Waals surface area contributed by atoms with Crippen LogP contribution in [-0.4, -0.2) is 24.1 Å². The molecule has 0 radical (unpaired) electrons. The Labute approximate surface area is 127 Å². The second kappa shape index (κ2) is 7.99. The quantitative estimate of drug-likeness (QED) is 0.784. The first-order valence-corrected chi connectivity index (χ1v) is 9.00. The molecule has 0 spiro atoms. The molecular weight excluding hydrogens is 266 g/mol. The Morgan fingerprint density at radius 2 is 2.15 bits per heavy atom. The van der Waals surface area contributed by atoms with Crippen molar-refractivity contribution in [1.82, 2.24) is 10.3 Å². The SMILES string of the molecule is CCNCc1csc(N(CCC(C)C)C2CCCC2)n1. The maximum absolute atomic E-state index is 4.85. The molecule has 0 aliphatic heterocycles. The van der Waals surface area contributed by atoms with E-state index in [1.165, 1.54) is 42.9 Å². The molecule has 0 saturated heterocycles. The molecule has 0 unspecified atom stereocenters. The van der Waals surface area contributed by atoms with E-state index >= 15 is 0 Å². The molecule has 4 heteroatoms. The highest BCUT2D eigenvalue weighted by molar-refractivity contribution is 7.13. The van der Waals surface area contributed by atoms with Crippen LogP contribution >= 0.6 is 11.3 Å². The number of thiazole rings is 1. The fraction of sp³-hybridized carbons (Fsp3) is 0.812. The lowest BCUT2D eigenvalue weighted by Crippen LogP contribution is -2.34. The van der Waals surface area contributed by atoms with E-state index in [-0.39, 0.29) is 0 Å². The monoisotopic (exact) mass is 295 g/mol. The first-order valence-electron chi connectivity index (χ1n) is 8.12. The maximum atomic E-state index is 4.85. The van der Waals surface area contributed by atoms with Gasteiger partial charge in [-0.15, -0.1) is 11.3 Å². The molecule has 1 aromatic rings. The van der Waals surface area contributed by atoms with Gasteiger partial charge in [-0.05, 0) is 31.7 Å². The minimum absolute atomic E-state index is 0.729. The maximum Gasteiger partial charge on any atom is 0.185 e. The van der Waals surface area contributed by atoms with Gasteiger partial charge in [0.05, 0.1) is 5.69 Å². The normalized spacial score (nSPS) is 16.2. The van der Waals surface area contributed by atoms with Crippen molar-refractivity contribution in [3.05, 3.63) is 11.1 Å². The summed E-state index contributed by atoms with van der Waals surface area (Å²) in [4.78, 5) is 7.44. The van der Waals surface area contributed by atoms with Crippen molar-refractivity contribution in [3.63, 3.8) is 0 Å². The number of anilines is 1. The van der Waals surface area contributed by atoms with Crippen molar-refractivity contribution in [1.29, 1.82) is 0 Å². The Kier molecular flexibility index (Phi) is 6.30. The van der Waals surface area contributed by atoms with Crippen molar-refractivity contribution in [3.8, 4) is 0 Å². The van der Waals surface area contributed by atoms with Gasteiger partial charge in [-0.25, -0.2) is 4.98 Å². The average Bonchev–Trinajstić information content (AvgIpc) is 3.08. The summed E-state index contributed by atoms with van der Waals surface area (Å²) < 4.78 is 0. The Morgan fingerprint density at radius 1 is 1.40 bits per heavy atom. The van der Waals surface area contributed by atoms with E-state index in [0.717, 1.165) is 31.6 Å². The second-order valence-corrected chi connectivity index (χ2v) is 7.05. The first-order chi connectivity index (χ1) is 9.70. The third-order valence-corrected chi connectivity index (χ3v) is 4.98. The fourth-order valence-electron chi connectivity index (χ4n) is 2.81. The number of nitrogens with one attached hydrogen (secondary N) is 1. The van der Waals surface area contributed by atoms with Crippen LogP contribution in [0.5, 0.6) is 0 Å². The number of nitrogens with zero attached hydrogens (tertiary/aromatic N) is 2. The summed E-state index contributed by atoms with van der Waals surface area (Å²) in [5.41, 5.74) is 1.19. The summed E-state index contributed by atoms with van der Waals surface area (Å²) in [5, 5.41) is 6.82. The van der Waals surface area contributed by atoms with Gasteiger partial charge in [0.1, 0.15) is 0 Å². The molecule has 0 bridgehead atoms. The Bertz CT molecular complexity index is 383. The molecule has 0 aromatic carbocycles. The first kappa shape index (κ1) is 15.8. The van der Waals surface area contributed by atoms with Gasteiger partial charge in [0.15, 0.2) is 5.13 Å². The minimum atomic E-state index is 0.729. The van der Waals surface area contributed by atoms with Crippen LogP contribution in [0.25, 0.3) is 0 Å². The topological polar surface area (TPSA) is 28.2 Å². The summed E-state index contributed by atoms with van der Waals surface area (Å²) in [5.74, 6) is 0.764. The molecule has 1 aliphatic rings. The van der Waals surface area contributed by atoms with Gasteiger partial charge in [-0.2, -0.15) is 0 Å². The molecule has 20 heavy (non-hydrogen) atoms. The van der Waals surface area contributed by atoms with E-state index in [1.807, 2.05) is 11.3 Å². The molecule has 2 rings (SSSR count). The van der Waals surface area contributed by atoms with Crippen LogP contribution in [0.1, 0.15) is 58.6 Å². The minimum Gasteiger partial charge on any atom is -0.345 e. The highest BCUT2D eigenvalue weighted by Gasteiger charge is 2.24. The largest absolute Gasteiger partial charge is 0.345 e. The second-order valence-electron chi connectivity index (χ2n) is 6.22.